The van der Waals surface area contributed by atoms with Gasteiger partial charge < -0.3 is 10.1 Å². The number of nitrogens with one attached hydrogen (secondary N) is 1. The van der Waals surface area contributed by atoms with Crippen LogP contribution < -0.4 is 10.1 Å². The molecule has 15 heavy (non-hydrogen) atoms. The lowest BCUT2D eigenvalue weighted by molar-refractivity contribution is 0.380. The molecule has 0 aliphatic carbocycles. The zero-order valence-corrected chi connectivity index (χ0v) is 8.08. The maximum absolute atomic E-state index is 4.89. The highest BCUT2D eigenvalue weighted by atomic mass is 16.5. The Balaban J connectivity index is 2.17. The van der Waals surface area contributed by atoms with Crippen molar-refractivity contribution in [1.29, 1.82) is 0 Å². The Kier molecular flexibility index (Phi) is 2.68. The van der Waals surface area contributed by atoms with Gasteiger partial charge in [-0.25, -0.2) is 9.97 Å². The van der Waals surface area contributed by atoms with E-state index in [1.54, 1.807) is 30.9 Å². The van der Waals surface area contributed by atoms with Gasteiger partial charge in [0.15, 0.2) is 0 Å². The molecule has 0 spiro atoms. The maximum atomic E-state index is 4.89. The van der Waals surface area contributed by atoms with Crippen LogP contribution in [0.3, 0.4) is 0 Å². The van der Waals surface area contributed by atoms with E-state index in [9.17, 15) is 0 Å². The summed E-state index contributed by atoms with van der Waals surface area (Å²) in [4.78, 5) is 15.9. The van der Waals surface area contributed by atoms with Crippen LogP contribution in [0.1, 0.15) is 0 Å². The second-order valence-electron chi connectivity index (χ2n) is 2.64. The number of rotatable bonds is 3. The standard InChI is InChI=1S/C9H9N5O/c1-15-9-12-3-2-7(14-9)13-8-6-10-4-5-11-8/h2-6H,1H3,(H,11,12,13,14). The minimum atomic E-state index is 0.309. The van der Waals surface area contributed by atoms with Gasteiger partial charge in [-0.15, -0.1) is 0 Å². The van der Waals surface area contributed by atoms with Crippen molar-refractivity contribution in [1.82, 2.24) is 19.9 Å². The largest absolute Gasteiger partial charge is 0.467 e. The average Bonchev–Trinajstić information content (AvgIpc) is 2.31. The van der Waals surface area contributed by atoms with Gasteiger partial charge in [0.25, 0.3) is 0 Å². The quantitative estimate of drug-likeness (QED) is 0.802. The minimum Gasteiger partial charge on any atom is -0.467 e. The number of hydrogen-bond donors (Lipinski definition) is 1. The summed E-state index contributed by atoms with van der Waals surface area (Å²) in [5.74, 6) is 1.24. The Labute approximate surface area is 86.4 Å². The van der Waals surface area contributed by atoms with Crippen molar-refractivity contribution in [2.75, 3.05) is 12.4 Å². The van der Waals surface area contributed by atoms with Crippen molar-refractivity contribution in [3.05, 3.63) is 30.9 Å². The molecule has 0 amide bonds. The first-order valence-electron chi connectivity index (χ1n) is 4.28. The fourth-order valence-corrected chi connectivity index (χ4v) is 1.00. The third kappa shape index (κ3) is 2.37. The van der Waals surface area contributed by atoms with Gasteiger partial charge in [0, 0.05) is 18.6 Å². The number of anilines is 2. The fraction of sp³-hybridized carbons (Fsp3) is 0.111. The summed E-state index contributed by atoms with van der Waals surface area (Å²) >= 11 is 0. The zero-order valence-electron chi connectivity index (χ0n) is 8.08. The van der Waals surface area contributed by atoms with Crippen LogP contribution in [-0.4, -0.2) is 27.0 Å². The first-order valence-corrected chi connectivity index (χ1v) is 4.28. The van der Waals surface area contributed by atoms with Gasteiger partial charge >= 0.3 is 6.01 Å². The number of nitrogens with zero attached hydrogens (tertiary/aromatic N) is 4. The summed E-state index contributed by atoms with van der Waals surface area (Å²) in [6.07, 6.45) is 6.41. The molecule has 0 saturated heterocycles. The predicted octanol–water partition coefficient (Wildman–Crippen LogP) is 1.02. The molecule has 0 aliphatic heterocycles. The van der Waals surface area contributed by atoms with E-state index in [0.29, 0.717) is 17.6 Å². The molecule has 76 valence electrons. The van der Waals surface area contributed by atoms with Gasteiger partial charge in [-0.2, -0.15) is 4.98 Å². The van der Waals surface area contributed by atoms with Crippen molar-refractivity contribution in [2.24, 2.45) is 0 Å². The molecule has 2 rings (SSSR count). The Bertz CT molecular complexity index is 434. The predicted molar refractivity (Wildman–Crippen MR) is 53.9 cm³/mol. The van der Waals surface area contributed by atoms with E-state index in [4.69, 9.17) is 4.74 Å². The summed E-state index contributed by atoms with van der Waals surface area (Å²) in [7, 11) is 1.52. The molecule has 0 fully saturated rings. The molecular formula is C9H9N5O. The molecule has 0 saturated carbocycles. The third-order valence-electron chi connectivity index (χ3n) is 1.64. The minimum absolute atomic E-state index is 0.309. The first-order chi connectivity index (χ1) is 7.38. The second-order valence-corrected chi connectivity index (χ2v) is 2.64. The van der Waals surface area contributed by atoms with Crippen LogP contribution in [0.5, 0.6) is 6.01 Å². The number of ether oxygens (including phenoxy) is 1. The van der Waals surface area contributed by atoms with E-state index < -0.39 is 0 Å². The van der Waals surface area contributed by atoms with E-state index in [1.807, 2.05) is 0 Å². The van der Waals surface area contributed by atoms with Crippen molar-refractivity contribution < 1.29 is 4.74 Å². The lowest BCUT2D eigenvalue weighted by Crippen LogP contribution is -1.98. The highest BCUT2D eigenvalue weighted by Gasteiger charge is 1.99. The number of hydrogen-bond acceptors (Lipinski definition) is 6. The Morgan fingerprint density at radius 2 is 2.07 bits per heavy atom. The van der Waals surface area contributed by atoms with Crippen molar-refractivity contribution in [3.8, 4) is 6.01 Å². The summed E-state index contributed by atoms with van der Waals surface area (Å²) in [5.41, 5.74) is 0. The second kappa shape index (κ2) is 4.32. The van der Waals surface area contributed by atoms with Crippen LogP contribution in [-0.2, 0) is 0 Å². The highest BCUT2D eigenvalue weighted by molar-refractivity contribution is 5.49. The normalized spacial score (nSPS) is 9.67. The zero-order chi connectivity index (χ0) is 10.5. The fourth-order valence-electron chi connectivity index (χ4n) is 1.00. The Morgan fingerprint density at radius 1 is 1.13 bits per heavy atom. The van der Waals surface area contributed by atoms with Gasteiger partial charge in [-0.1, -0.05) is 0 Å². The summed E-state index contributed by atoms with van der Waals surface area (Å²) in [6.45, 7) is 0. The van der Waals surface area contributed by atoms with Crippen LogP contribution in [0.25, 0.3) is 0 Å². The van der Waals surface area contributed by atoms with Gasteiger partial charge in [0.2, 0.25) is 0 Å². The van der Waals surface area contributed by atoms with Crippen LogP contribution in [0, 0.1) is 0 Å². The van der Waals surface area contributed by atoms with Crippen LogP contribution in [0.4, 0.5) is 11.6 Å². The summed E-state index contributed by atoms with van der Waals surface area (Å²) in [5, 5.41) is 2.97. The van der Waals surface area contributed by atoms with Gasteiger partial charge in [0.05, 0.1) is 13.3 Å². The molecule has 2 aromatic rings. The van der Waals surface area contributed by atoms with Crippen LogP contribution >= 0.6 is 0 Å². The van der Waals surface area contributed by atoms with E-state index in [0.717, 1.165) is 0 Å². The Hall–Kier alpha value is -2.24. The average molecular weight is 203 g/mol. The van der Waals surface area contributed by atoms with E-state index in [2.05, 4.69) is 25.3 Å². The first kappa shape index (κ1) is 9.32. The Morgan fingerprint density at radius 3 is 2.80 bits per heavy atom. The van der Waals surface area contributed by atoms with E-state index in [1.165, 1.54) is 7.11 Å². The number of methoxy groups -OCH3 is 1. The molecular weight excluding hydrogens is 194 g/mol. The van der Waals surface area contributed by atoms with Crippen molar-refractivity contribution in [2.45, 2.75) is 0 Å². The molecule has 0 atom stereocenters. The molecule has 0 radical (unpaired) electrons. The lowest BCUT2D eigenvalue weighted by Gasteiger charge is -2.04. The van der Waals surface area contributed by atoms with Crippen LogP contribution in [0.2, 0.25) is 0 Å². The van der Waals surface area contributed by atoms with Crippen LogP contribution in [0.15, 0.2) is 30.9 Å². The van der Waals surface area contributed by atoms with Gasteiger partial charge in [-0.05, 0) is 6.07 Å². The SMILES string of the molecule is COc1nccc(Nc2cnccn2)n1. The van der Waals surface area contributed by atoms with Gasteiger partial charge in [-0.3, -0.25) is 4.98 Å². The topological polar surface area (TPSA) is 72.8 Å². The van der Waals surface area contributed by atoms with Gasteiger partial charge in [0.1, 0.15) is 11.6 Å². The summed E-state index contributed by atoms with van der Waals surface area (Å²) < 4.78 is 4.89. The van der Waals surface area contributed by atoms with Crippen molar-refractivity contribution in [3.63, 3.8) is 0 Å². The molecule has 6 heteroatoms. The monoisotopic (exact) mass is 203 g/mol. The molecule has 0 aliphatic rings. The van der Waals surface area contributed by atoms with E-state index >= 15 is 0 Å². The molecule has 2 aromatic heterocycles. The molecule has 0 unspecified atom stereocenters. The maximum Gasteiger partial charge on any atom is 0.318 e. The number of aromatic nitrogens is 4. The lowest BCUT2D eigenvalue weighted by atomic mass is 10.5. The highest BCUT2D eigenvalue weighted by Crippen LogP contribution is 2.11. The molecule has 6 nitrogen and oxygen atoms in total. The van der Waals surface area contributed by atoms with E-state index in [-0.39, 0.29) is 0 Å². The molecule has 0 aromatic carbocycles. The van der Waals surface area contributed by atoms with Crippen molar-refractivity contribution >= 4 is 11.6 Å². The molecule has 1 N–H and O–H groups in total. The smallest absolute Gasteiger partial charge is 0.318 e. The molecule has 2 heterocycles. The molecule has 0 bridgehead atoms. The third-order valence-corrected chi connectivity index (χ3v) is 1.64. The summed E-state index contributed by atoms with van der Waals surface area (Å²) in [6, 6.07) is 2.03.